The van der Waals surface area contributed by atoms with Crippen molar-refractivity contribution in [2.75, 3.05) is 39.5 Å². The Bertz CT molecular complexity index is 1640. The lowest BCUT2D eigenvalue weighted by molar-refractivity contribution is -0.159. The summed E-state index contributed by atoms with van der Waals surface area (Å²) in [5, 5.41) is 59.4. The number of aromatic nitrogens is 1. The first-order chi connectivity index (χ1) is 25.6. The highest BCUT2D eigenvalue weighted by atomic mass is 35.5. The number of unbranched alkanes of at least 4 members (excludes halogenated alkanes) is 2. The molecule has 0 saturated heterocycles. The Morgan fingerprint density at radius 2 is 1.64 bits per heavy atom. The van der Waals surface area contributed by atoms with Gasteiger partial charge in [0.25, 0.3) is 5.91 Å². The maximum atomic E-state index is 13.0. The number of hydrogen-bond acceptors (Lipinski definition) is 11. The second-order valence-corrected chi connectivity index (χ2v) is 14.5. The maximum absolute atomic E-state index is 13.0. The van der Waals surface area contributed by atoms with Crippen LogP contribution in [-0.2, 0) is 32.9 Å². The summed E-state index contributed by atoms with van der Waals surface area (Å²) in [4.78, 5) is 18.7. The molecule has 2 aliphatic rings. The van der Waals surface area contributed by atoms with Crippen LogP contribution in [-0.4, -0.2) is 116 Å². The number of ether oxygens (including phenoxy) is 3. The second-order valence-electron chi connectivity index (χ2n) is 13.7. The maximum Gasteiger partial charge on any atom is 0.254 e. The Morgan fingerprint density at radius 3 is 2.36 bits per heavy atom. The molecule has 5 rings (SSSR count). The zero-order valence-electron chi connectivity index (χ0n) is 29.7. The second kappa shape index (κ2) is 19.6. The monoisotopic (exact) mass is 776 g/mol. The molecule has 0 spiro atoms. The molecule has 0 aliphatic heterocycles. The van der Waals surface area contributed by atoms with E-state index in [0.717, 1.165) is 65.7 Å². The summed E-state index contributed by atoms with van der Waals surface area (Å²) >= 11 is 13.5. The number of pyridine rings is 1. The van der Waals surface area contributed by atoms with Gasteiger partial charge in [-0.05, 0) is 85.9 Å². The predicted octanol–water partition coefficient (Wildman–Crippen LogP) is 3.79. The largest absolute Gasteiger partial charge is 0.490 e. The Hall–Kier alpha value is -2.88. The number of aliphatic hydroxyl groups excluding tert-OH is 6. The molecule has 0 bridgehead atoms. The highest BCUT2D eigenvalue weighted by Gasteiger charge is 2.48. The number of para-hydroxylation sites is 1. The number of aryl methyl sites for hydroxylation is 1. The van der Waals surface area contributed by atoms with Gasteiger partial charge in [0.2, 0.25) is 0 Å². The SMILES string of the molecule is O=C(C(O)C(O)C(O)C(O)CO)N(CCCCCc1cc(Cl)c(COC2(c3cnccc3-c3ccccc3OC3CC3)CC2)cc1Cl)CCOCCO. The molecule has 2 aliphatic carbocycles. The fourth-order valence-electron chi connectivity index (χ4n) is 6.23. The molecule has 2 fully saturated rings. The van der Waals surface area contributed by atoms with Crippen molar-refractivity contribution in [1.82, 2.24) is 9.88 Å². The van der Waals surface area contributed by atoms with E-state index < -0.39 is 42.5 Å². The van der Waals surface area contributed by atoms with E-state index in [1.54, 1.807) is 6.20 Å². The molecule has 1 amide bonds. The van der Waals surface area contributed by atoms with Crippen LogP contribution in [0.2, 0.25) is 10.0 Å². The summed E-state index contributed by atoms with van der Waals surface area (Å²) in [5.41, 5.74) is 4.26. The quantitative estimate of drug-likeness (QED) is 0.0772. The van der Waals surface area contributed by atoms with E-state index in [0.29, 0.717) is 29.3 Å². The Kier molecular flexibility index (Phi) is 15.3. The van der Waals surface area contributed by atoms with Crippen LogP contribution in [0.5, 0.6) is 5.75 Å². The van der Waals surface area contributed by atoms with E-state index in [-0.39, 0.29) is 45.6 Å². The Balaban J connectivity index is 1.15. The van der Waals surface area contributed by atoms with Crippen LogP contribution in [0.4, 0.5) is 0 Å². The van der Waals surface area contributed by atoms with Gasteiger partial charge in [-0.1, -0.05) is 47.8 Å². The van der Waals surface area contributed by atoms with Crippen molar-refractivity contribution < 1.29 is 49.6 Å². The summed E-state index contributed by atoms with van der Waals surface area (Å²) in [7, 11) is 0. The summed E-state index contributed by atoms with van der Waals surface area (Å²) < 4.78 is 18.1. The van der Waals surface area contributed by atoms with Crippen LogP contribution in [0.15, 0.2) is 54.9 Å². The molecule has 2 aromatic carbocycles. The van der Waals surface area contributed by atoms with Crippen molar-refractivity contribution in [1.29, 1.82) is 0 Å². The molecule has 4 unspecified atom stereocenters. The first kappa shape index (κ1) is 41.3. The number of nitrogens with zero attached hydrogens (tertiary/aromatic N) is 2. The molecule has 4 atom stereocenters. The predicted molar refractivity (Wildman–Crippen MR) is 199 cm³/mol. The third-order valence-electron chi connectivity index (χ3n) is 9.67. The number of halogens is 2. The molecule has 2 saturated carbocycles. The van der Waals surface area contributed by atoms with Crippen molar-refractivity contribution in [3.63, 3.8) is 0 Å². The van der Waals surface area contributed by atoms with Crippen molar-refractivity contribution >= 4 is 29.1 Å². The van der Waals surface area contributed by atoms with Crippen LogP contribution in [0.1, 0.15) is 61.6 Å². The summed E-state index contributed by atoms with van der Waals surface area (Å²) in [6, 6.07) is 13.8. The lowest BCUT2D eigenvalue weighted by Gasteiger charge is -2.30. The van der Waals surface area contributed by atoms with Gasteiger partial charge < -0.3 is 49.7 Å². The third-order valence-corrected chi connectivity index (χ3v) is 10.4. The third kappa shape index (κ3) is 11.1. The average Bonchev–Trinajstić information content (AvgIpc) is 4.12. The molecule has 1 heterocycles. The number of hydrogen-bond donors (Lipinski definition) is 6. The fraction of sp³-hybridized carbons (Fsp3) is 0.538. The standard InChI is InChI=1S/C39H50Cl2N2O10/c40-31-21-26(24-52-39(12-13-39)30-22-42-14-11-28(30)29-7-3-4-8-34(29)53-27-9-10-27)32(41)20-25(31)6-2-1-5-15-43(16-18-51-19-17-44)38(50)37(49)36(48)35(47)33(46)23-45/h3-4,7-8,11,14,20-22,27,33,35-37,44-49H,1-2,5-6,9-10,12-13,15-19,23-24H2. The van der Waals surface area contributed by atoms with Gasteiger partial charge in [0.05, 0.1) is 44.7 Å². The van der Waals surface area contributed by atoms with Crippen molar-refractivity contribution in [3.05, 3.63) is 81.6 Å². The molecule has 6 N–H and O–H groups in total. The number of benzene rings is 2. The highest BCUT2D eigenvalue weighted by molar-refractivity contribution is 6.34. The average molecular weight is 778 g/mol. The summed E-state index contributed by atoms with van der Waals surface area (Å²) in [6.45, 7) is -0.347. The number of carbonyl (C=O) groups excluding carboxylic acids is 1. The summed E-state index contributed by atoms with van der Waals surface area (Å²) in [6.07, 6.45) is 2.69. The van der Waals surface area contributed by atoms with Crippen molar-refractivity contribution in [2.24, 2.45) is 0 Å². The smallest absolute Gasteiger partial charge is 0.254 e. The number of aliphatic hydroxyl groups is 6. The molecule has 12 nitrogen and oxygen atoms in total. The van der Waals surface area contributed by atoms with Crippen LogP contribution in [0.3, 0.4) is 0 Å². The number of amides is 1. The minimum atomic E-state index is -2.03. The highest BCUT2D eigenvalue weighted by Crippen LogP contribution is 2.53. The van der Waals surface area contributed by atoms with Crippen molar-refractivity contribution in [2.45, 2.75) is 94.1 Å². The lowest BCUT2D eigenvalue weighted by atomic mass is 9.96. The van der Waals surface area contributed by atoms with Crippen LogP contribution >= 0.6 is 23.2 Å². The van der Waals surface area contributed by atoms with Gasteiger partial charge in [0, 0.05) is 46.7 Å². The molecule has 1 aromatic heterocycles. The Labute approximate surface area is 319 Å². The van der Waals surface area contributed by atoms with E-state index in [4.69, 9.17) is 47.6 Å². The molecular formula is C39H50Cl2N2O10. The molecule has 3 aromatic rings. The molecule has 53 heavy (non-hydrogen) atoms. The first-order valence-electron chi connectivity index (χ1n) is 18.2. The zero-order chi connectivity index (χ0) is 38.0. The fourth-order valence-corrected chi connectivity index (χ4v) is 6.75. The van der Waals surface area contributed by atoms with Gasteiger partial charge in [-0.15, -0.1) is 0 Å². The molecular weight excluding hydrogens is 727 g/mol. The van der Waals surface area contributed by atoms with E-state index in [2.05, 4.69) is 11.1 Å². The van der Waals surface area contributed by atoms with Crippen LogP contribution < -0.4 is 4.74 Å². The van der Waals surface area contributed by atoms with Gasteiger partial charge in [-0.3, -0.25) is 9.78 Å². The zero-order valence-corrected chi connectivity index (χ0v) is 31.2. The van der Waals surface area contributed by atoms with Gasteiger partial charge in [0.1, 0.15) is 24.1 Å². The van der Waals surface area contributed by atoms with Crippen LogP contribution in [0.25, 0.3) is 11.1 Å². The van der Waals surface area contributed by atoms with E-state index >= 15 is 0 Å². The summed E-state index contributed by atoms with van der Waals surface area (Å²) in [5.74, 6) is 0.00610. The molecule has 14 heteroatoms. The topological polar surface area (TPSA) is 182 Å². The van der Waals surface area contributed by atoms with Crippen molar-refractivity contribution in [3.8, 4) is 16.9 Å². The Morgan fingerprint density at radius 1 is 0.906 bits per heavy atom. The number of carbonyl (C=O) groups is 1. The van der Waals surface area contributed by atoms with Gasteiger partial charge >= 0.3 is 0 Å². The minimum Gasteiger partial charge on any atom is -0.490 e. The van der Waals surface area contributed by atoms with Gasteiger partial charge in [0.15, 0.2) is 6.10 Å². The number of rotatable bonds is 23. The van der Waals surface area contributed by atoms with E-state index in [1.165, 1.54) is 4.90 Å². The lowest BCUT2D eigenvalue weighted by Crippen LogP contribution is -2.53. The molecule has 290 valence electrons. The van der Waals surface area contributed by atoms with E-state index in [1.807, 2.05) is 42.6 Å². The normalized spacial score (nSPS) is 17.2. The minimum absolute atomic E-state index is 0.0672. The molecule has 0 radical (unpaired) electrons. The van der Waals surface area contributed by atoms with Crippen LogP contribution in [0, 0.1) is 0 Å². The van der Waals surface area contributed by atoms with E-state index in [9.17, 15) is 25.2 Å². The van der Waals surface area contributed by atoms with Gasteiger partial charge in [-0.25, -0.2) is 0 Å². The first-order valence-corrected chi connectivity index (χ1v) is 19.0. The van der Waals surface area contributed by atoms with Gasteiger partial charge in [-0.2, -0.15) is 0 Å².